The number of nitrogens with zero attached hydrogens (tertiary/aromatic N) is 1. The number of nitrogens with two attached hydrogens (primary N) is 1. The van der Waals surface area contributed by atoms with Gasteiger partial charge in [0.15, 0.2) is 0 Å². The van der Waals surface area contributed by atoms with E-state index in [2.05, 4.69) is 19.0 Å². The van der Waals surface area contributed by atoms with Crippen molar-refractivity contribution in [1.82, 2.24) is 0 Å². The molecule has 0 fully saturated rings. The van der Waals surface area contributed by atoms with Crippen molar-refractivity contribution in [1.29, 1.82) is 0 Å². The zero-order chi connectivity index (χ0) is 12.2. The lowest BCUT2D eigenvalue weighted by molar-refractivity contribution is 0.311. The predicted octanol–water partition coefficient (Wildman–Crippen LogP) is 3.90. The standard InChI is InChI=1S/C13H28N2O/c1-3-5-7-9-11-12(13(14)15-16)10-8-6-4-2/h12,16H,3-11H2,1-2H3,(H2,14,15). The number of unbranched alkanes of at least 4 members (excludes halogenated alkanes) is 5. The molecule has 0 aliphatic rings. The first kappa shape index (κ1) is 15.3. The van der Waals surface area contributed by atoms with Crippen LogP contribution >= 0.6 is 0 Å². The van der Waals surface area contributed by atoms with Gasteiger partial charge in [-0.15, -0.1) is 0 Å². The van der Waals surface area contributed by atoms with Crippen LogP contribution in [-0.4, -0.2) is 11.0 Å². The molecule has 16 heavy (non-hydrogen) atoms. The second-order valence-electron chi connectivity index (χ2n) is 4.57. The molecular weight excluding hydrogens is 200 g/mol. The average Bonchev–Trinajstić information content (AvgIpc) is 2.31. The van der Waals surface area contributed by atoms with Crippen molar-refractivity contribution in [3.63, 3.8) is 0 Å². The first-order valence-electron chi connectivity index (χ1n) is 6.73. The van der Waals surface area contributed by atoms with Gasteiger partial charge in [-0.1, -0.05) is 63.9 Å². The Bertz CT molecular complexity index is 181. The highest BCUT2D eigenvalue weighted by Gasteiger charge is 2.12. The Morgan fingerprint density at radius 3 is 2.00 bits per heavy atom. The molecule has 0 aromatic heterocycles. The third-order valence-corrected chi connectivity index (χ3v) is 3.10. The molecule has 0 saturated carbocycles. The lowest BCUT2D eigenvalue weighted by Crippen LogP contribution is -2.23. The van der Waals surface area contributed by atoms with Crippen molar-refractivity contribution in [2.45, 2.75) is 71.6 Å². The molecule has 3 N–H and O–H groups in total. The number of oxime groups is 1. The molecule has 1 unspecified atom stereocenters. The van der Waals surface area contributed by atoms with Gasteiger partial charge in [0.05, 0.1) is 0 Å². The summed E-state index contributed by atoms with van der Waals surface area (Å²) in [6.07, 6.45) is 10.8. The average molecular weight is 228 g/mol. The van der Waals surface area contributed by atoms with Crippen LogP contribution in [0.3, 0.4) is 0 Å². The molecular formula is C13H28N2O. The number of hydrogen-bond acceptors (Lipinski definition) is 2. The molecule has 96 valence electrons. The van der Waals surface area contributed by atoms with Gasteiger partial charge in [-0.3, -0.25) is 0 Å². The normalized spacial score (nSPS) is 14.0. The van der Waals surface area contributed by atoms with Crippen LogP contribution < -0.4 is 5.73 Å². The van der Waals surface area contributed by atoms with Crippen LogP contribution in [0.1, 0.15) is 71.6 Å². The second kappa shape index (κ2) is 10.8. The van der Waals surface area contributed by atoms with E-state index in [0.717, 1.165) is 12.8 Å². The fourth-order valence-corrected chi connectivity index (χ4v) is 1.98. The first-order valence-corrected chi connectivity index (χ1v) is 6.73. The summed E-state index contributed by atoms with van der Waals surface area (Å²) < 4.78 is 0. The van der Waals surface area contributed by atoms with Gasteiger partial charge < -0.3 is 10.9 Å². The van der Waals surface area contributed by atoms with E-state index in [-0.39, 0.29) is 5.92 Å². The van der Waals surface area contributed by atoms with Crippen molar-refractivity contribution < 1.29 is 5.21 Å². The van der Waals surface area contributed by atoms with Crippen LogP contribution in [0.25, 0.3) is 0 Å². The highest BCUT2D eigenvalue weighted by molar-refractivity contribution is 5.82. The van der Waals surface area contributed by atoms with Crippen LogP contribution in [0.4, 0.5) is 0 Å². The molecule has 0 radical (unpaired) electrons. The minimum Gasteiger partial charge on any atom is -0.409 e. The number of amidine groups is 1. The predicted molar refractivity (Wildman–Crippen MR) is 69.8 cm³/mol. The molecule has 0 aliphatic heterocycles. The largest absolute Gasteiger partial charge is 0.409 e. The Labute approximate surface area is 100 Å². The second-order valence-corrected chi connectivity index (χ2v) is 4.57. The van der Waals surface area contributed by atoms with Crippen molar-refractivity contribution >= 4 is 5.84 Å². The van der Waals surface area contributed by atoms with Crippen LogP contribution in [0, 0.1) is 5.92 Å². The van der Waals surface area contributed by atoms with E-state index in [9.17, 15) is 0 Å². The highest BCUT2D eigenvalue weighted by Crippen LogP contribution is 2.18. The maximum absolute atomic E-state index is 8.73. The number of rotatable bonds is 10. The summed E-state index contributed by atoms with van der Waals surface area (Å²) in [4.78, 5) is 0. The molecule has 3 nitrogen and oxygen atoms in total. The van der Waals surface area contributed by atoms with Gasteiger partial charge in [0.2, 0.25) is 0 Å². The molecule has 0 spiro atoms. The zero-order valence-electron chi connectivity index (χ0n) is 10.9. The summed E-state index contributed by atoms with van der Waals surface area (Å²) in [5.74, 6) is 0.709. The van der Waals surface area contributed by atoms with E-state index >= 15 is 0 Å². The minimum absolute atomic E-state index is 0.286. The Balaban J connectivity index is 3.82. The van der Waals surface area contributed by atoms with Crippen LogP contribution in [-0.2, 0) is 0 Å². The SMILES string of the molecule is CCCCCCC(CCCCC)/C(N)=N/O. The minimum atomic E-state index is 0.286. The number of hydrogen-bond donors (Lipinski definition) is 2. The van der Waals surface area contributed by atoms with Crippen molar-refractivity contribution in [3.8, 4) is 0 Å². The summed E-state index contributed by atoms with van der Waals surface area (Å²) >= 11 is 0. The van der Waals surface area contributed by atoms with Gasteiger partial charge in [0.25, 0.3) is 0 Å². The van der Waals surface area contributed by atoms with Gasteiger partial charge in [-0.05, 0) is 12.8 Å². The molecule has 0 aliphatic carbocycles. The van der Waals surface area contributed by atoms with Crippen LogP contribution in [0.15, 0.2) is 5.16 Å². The molecule has 0 aromatic rings. The maximum atomic E-state index is 8.73. The first-order chi connectivity index (χ1) is 7.76. The van der Waals surface area contributed by atoms with Gasteiger partial charge in [0, 0.05) is 5.92 Å². The Kier molecular flexibility index (Phi) is 10.3. The van der Waals surface area contributed by atoms with E-state index in [1.807, 2.05) is 0 Å². The molecule has 0 heterocycles. The monoisotopic (exact) mass is 228 g/mol. The molecule has 0 aromatic carbocycles. The van der Waals surface area contributed by atoms with Gasteiger partial charge in [-0.2, -0.15) is 0 Å². The third kappa shape index (κ3) is 7.55. The molecule has 0 bridgehead atoms. The molecule has 0 rings (SSSR count). The fraction of sp³-hybridized carbons (Fsp3) is 0.923. The maximum Gasteiger partial charge on any atom is 0.142 e. The van der Waals surface area contributed by atoms with Gasteiger partial charge >= 0.3 is 0 Å². The zero-order valence-corrected chi connectivity index (χ0v) is 10.9. The molecule has 0 saturated heterocycles. The van der Waals surface area contributed by atoms with Gasteiger partial charge in [0.1, 0.15) is 5.84 Å². The van der Waals surface area contributed by atoms with E-state index in [1.165, 1.54) is 44.9 Å². The van der Waals surface area contributed by atoms with Crippen LogP contribution in [0.2, 0.25) is 0 Å². The van der Waals surface area contributed by atoms with Crippen molar-refractivity contribution in [2.24, 2.45) is 16.8 Å². The van der Waals surface area contributed by atoms with Crippen LogP contribution in [0.5, 0.6) is 0 Å². The van der Waals surface area contributed by atoms with E-state index in [4.69, 9.17) is 10.9 Å². The van der Waals surface area contributed by atoms with Crippen molar-refractivity contribution in [3.05, 3.63) is 0 Å². The third-order valence-electron chi connectivity index (χ3n) is 3.10. The Hall–Kier alpha value is -0.730. The molecule has 0 amide bonds. The van der Waals surface area contributed by atoms with E-state index < -0.39 is 0 Å². The Morgan fingerprint density at radius 2 is 1.50 bits per heavy atom. The highest BCUT2D eigenvalue weighted by atomic mass is 16.4. The lowest BCUT2D eigenvalue weighted by Gasteiger charge is -2.14. The van der Waals surface area contributed by atoms with E-state index in [0.29, 0.717) is 5.84 Å². The molecule has 3 heteroatoms. The summed E-state index contributed by atoms with van der Waals surface area (Å²) in [5, 5.41) is 11.9. The van der Waals surface area contributed by atoms with Crippen molar-refractivity contribution in [2.75, 3.05) is 0 Å². The summed E-state index contributed by atoms with van der Waals surface area (Å²) in [5.41, 5.74) is 5.71. The quantitative estimate of drug-likeness (QED) is 0.196. The lowest BCUT2D eigenvalue weighted by atomic mass is 9.94. The van der Waals surface area contributed by atoms with Gasteiger partial charge in [-0.25, -0.2) is 0 Å². The summed E-state index contributed by atoms with van der Waals surface area (Å²) in [6.45, 7) is 4.40. The topological polar surface area (TPSA) is 58.6 Å². The van der Waals surface area contributed by atoms with E-state index in [1.54, 1.807) is 0 Å². The summed E-state index contributed by atoms with van der Waals surface area (Å²) in [7, 11) is 0. The Morgan fingerprint density at radius 1 is 1.00 bits per heavy atom. The molecule has 1 atom stereocenters. The smallest absolute Gasteiger partial charge is 0.142 e. The summed E-state index contributed by atoms with van der Waals surface area (Å²) in [6, 6.07) is 0. The fourth-order valence-electron chi connectivity index (χ4n) is 1.98.